The van der Waals surface area contributed by atoms with E-state index in [1.54, 1.807) is 12.1 Å². The van der Waals surface area contributed by atoms with Crippen molar-refractivity contribution in [1.29, 1.82) is 0 Å². The van der Waals surface area contributed by atoms with Crippen LogP contribution in [0.3, 0.4) is 0 Å². The van der Waals surface area contributed by atoms with Crippen LogP contribution in [0.5, 0.6) is 0 Å². The lowest BCUT2D eigenvalue weighted by Gasteiger charge is -2.16. The quantitative estimate of drug-likeness (QED) is 0.434. The highest BCUT2D eigenvalue weighted by Gasteiger charge is 2.36. The summed E-state index contributed by atoms with van der Waals surface area (Å²) in [6.07, 6.45) is 3.80. The van der Waals surface area contributed by atoms with Crippen molar-refractivity contribution in [3.8, 4) is 0 Å². The number of carbonyl (C=O) groups is 2. The van der Waals surface area contributed by atoms with Crippen molar-refractivity contribution < 1.29 is 9.59 Å². The Balaban J connectivity index is 1.74. The molecule has 4 rings (SSSR count). The molecule has 29 heavy (non-hydrogen) atoms. The zero-order chi connectivity index (χ0) is 20.7. The van der Waals surface area contributed by atoms with Crippen LogP contribution < -0.4 is 0 Å². The van der Waals surface area contributed by atoms with Gasteiger partial charge >= 0.3 is 0 Å². The average molecular weight is 445 g/mol. The number of amides is 2. The van der Waals surface area contributed by atoms with Crippen molar-refractivity contribution in [2.45, 2.75) is 26.4 Å². The molecule has 7 heteroatoms. The first-order valence-electron chi connectivity index (χ1n) is 9.14. The van der Waals surface area contributed by atoms with Gasteiger partial charge in [-0.25, -0.2) is 0 Å². The molecule has 2 amide bonds. The molecule has 0 aliphatic carbocycles. The van der Waals surface area contributed by atoms with Crippen LogP contribution in [0.25, 0.3) is 17.0 Å². The van der Waals surface area contributed by atoms with Crippen LogP contribution >= 0.6 is 35.0 Å². The molecule has 0 unspecified atom stereocenters. The molecule has 0 atom stereocenters. The predicted octanol–water partition coefficient (Wildman–Crippen LogP) is 6.44. The average Bonchev–Trinajstić information content (AvgIpc) is 3.16. The van der Waals surface area contributed by atoms with Gasteiger partial charge in [0.15, 0.2) is 0 Å². The fourth-order valence-electron chi connectivity index (χ4n) is 3.42. The number of rotatable bonds is 4. The van der Waals surface area contributed by atoms with Crippen LogP contribution in [0.1, 0.15) is 25.0 Å². The van der Waals surface area contributed by atoms with E-state index in [1.807, 2.05) is 56.4 Å². The van der Waals surface area contributed by atoms with E-state index in [9.17, 15) is 9.59 Å². The van der Waals surface area contributed by atoms with Crippen molar-refractivity contribution in [2.75, 3.05) is 0 Å². The first-order valence-corrected chi connectivity index (χ1v) is 10.7. The van der Waals surface area contributed by atoms with E-state index in [4.69, 9.17) is 23.2 Å². The van der Waals surface area contributed by atoms with Crippen LogP contribution in [0.4, 0.5) is 4.79 Å². The summed E-state index contributed by atoms with van der Waals surface area (Å²) in [4.78, 5) is 26.6. The maximum Gasteiger partial charge on any atom is 0.293 e. The number of fused-ring (bicyclic) bond motifs is 1. The van der Waals surface area contributed by atoms with E-state index in [2.05, 4.69) is 4.57 Å². The van der Waals surface area contributed by atoms with Crippen molar-refractivity contribution in [1.82, 2.24) is 9.47 Å². The highest BCUT2D eigenvalue weighted by Crippen LogP contribution is 2.35. The molecule has 1 aliphatic heterocycles. The molecular formula is C22H18Cl2N2O2S. The molecule has 148 valence electrons. The Hall–Kier alpha value is -2.21. The minimum absolute atomic E-state index is 0.163. The second-order valence-corrected chi connectivity index (χ2v) is 8.93. The molecule has 0 saturated carbocycles. The molecule has 2 aromatic carbocycles. The number of hydrogen-bond donors (Lipinski definition) is 0. The van der Waals surface area contributed by atoms with Crippen molar-refractivity contribution in [3.63, 3.8) is 0 Å². The van der Waals surface area contributed by atoms with Crippen molar-refractivity contribution in [3.05, 3.63) is 74.7 Å². The summed E-state index contributed by atoms with van der Waals surface area (Å²) in [6.45, 7) is 4.28. The maximum atomic E-state index is 12.6. The smallest absolute Gasteiger partial charge is 0.293 e. The van der Waals surface area contributed by atoms with Gasteiger partial charge in [0, 0.05) is 35.2 Å². The van der Waals surface area contributed by atoms with Crippen LogP contribution in [-0.2, 0) is 11.3 Å². The zero-order valence-electron chi connectivity index (χ0n) is 15.9. The summed E-state index contributed by atoms with van der Waals surface area (Å²) in [5.74, 6) is -0.240. The number of halogens is 2. The fraction of sp³-hybridized carbons (Fsp3) is 0.182. The van der Waals surface area contributed by atoms with Gasteiger partial charge in [-0.1, -0.05) is 47.5 Å². The van der Waals surface area contributed by atoms with E-state index in [0.29, 0.717) is 21.5 Å². The molecule has 1 saturated heterocycles. The van der Waals surface area contributed by atoms with Crippen LogP contribution in [0.2, 0.25) is 10.0 Å². The van der Waals surface area contributed by atoms with Gasteiger partial charge in [0.2, 0.25) is 0 Å². The predicted molar refractivity (Wildman–Crippen MR) is 120 cm³/mol. The largest absolute Gasteiger partial charge is 0.342 e. The maximum absolute atomic E-state index is 12.6. The number of hydrogen-bond acceptors (Lipinski definition) is 3. The SMILES string of the molecule is CC(C)N1C(=O)S/C(=C/c2cn(Cc3ccc(Cl)c(Cl)c3)c3ccccc23)C1=O. The number of aromatic nitrogens is 1. The molecule has 1 fully saturated rings. The molecular weight excluding hydrogens is 427 g/mol. The van der Waals surface area contributed by atoms with Gasteiger partial charge in [-0.3, -0.25) is 14.5 Å². The minimum Gasteiger partial charge on any atom is -0.342 e. The first-order chi connectivity index (χ1) is 13.8. The molecule has 0 radical (unpaired) electrons. The minimum atomic E-state index is -0.240. The van der Waals surface area contributed by atoms with Gasteiger partial charge in [-0.2, -0.15) is 0 Å². The Labute approximate surface area is 183 Å². The highest BCUT2D eigenvalue weighted by atomic mass is 35.5. The Bertz CT molecular complexity index is 1170. The molecule has 2 heterocycles. The second kappa shape index (κ2) is 7.90. The number of thioether (sulfide) groups is 1. The molecule has 0 N–H and O–H groups in total. The topological polar surface area (TPSA) is 42.3 Å². The standard InChI is InChI=1S/C22H18Cl2N2O2S/c1-13(2)26-21(27)20(29-22(26)28)10-15-12-25(19-6-4-3-5-16(15)19)11-14-7-8-17(23)18(24)9-14/h3-10,12-13H,11H2,1-2H3/b20-10+. The lowest BCUT2D eigenvalue weighted by Crippen LogP contribution is -2.34. The third-order valence-corrected chi connectivity index (χ3v) is 6.41. The van der Waals surface area contributed by atoms with E-state index in [0.717, 1.165) is 33.8 Å². The Kier molecular flexibility index (Phi) is 5.47. The monoisotopic (exact) mass is 444 g/mol. The summed E-state index contributed by atoms with van der Waals surface area (Å²) in [7, 11) is 0. The summed E-state index contributed by atoms with van der Waals surface area (Å²) in [5.41, 5.74) is 2.95. The highest BCUT2D eigenvalue weighted by molar-refractivity contribution is 8.18. The van der Waals surface area contributed by atoms with Crippen molar-refractivity contribution in [2.24, 2.45) is 0 Å². The lowest BCUT2D eigenvalue weighted by atomic mass is 10.1. The molecule has 3 aromatic rings. The Morgan fingerprint density at radius 1 is 1.07 bits per heavy atom. The summed E-state index contributed by atoms with van der Waals surface area (Å²) < 4.78 is 2.10. The molecule has 1 aliphatic rings. The third kappa shape index (κ3) is 3.82. The molecule has 0 spiro atoms. The van der Waals surface area contributed by atoms with Crippen LogP contribution in [-0.4, -0.2) is 26.7 Å². The van der Waals surface area contributed by atoms with E-state index < -0.39 is 0 Å². The number of para-hydroxylation sites is 1. The number of benzene rings is 2. The lowest BCUT2D eigenvalue weighted by molar-refractivity contribution is -0.123. The Morgan fingerprint density at radius 2 is 1.83 bits per heavy atom. The zero-order valence-corrected chi connectivity index (χ0v) is 18.2. The molecule has 1 aromatic heterocycles. The second-order valence-electron chi connectivity index (χ2n) is 7.12. The van der Waals surface area contributed by atoms with Gasteiger partial charge in [-0.05, 0) is 55.4 Å². The number of imide groups is 1. The fourth-order valence-corrected chi connectivity index (χ4v) is 4.69. The van der Waals surface area contributed by atoms with Gasteiger partial charge in [0.05, 0.1) is 15.0 Å². The van der Waals surface area contributed by atoms with Gasteiger partial charge in [-0.15, -0.1) is 0 Å². The number of nitrogens with zero attached hydrogens (tertiary/aromatic N) is 2. The van der Waals surface area contributed by atoms with E-state index >= 15 is 0 Å². The number of carbonyl (C=O) groups excluding carboxylic acids is 2. The van der Waals surface area contributed by atoms with Crippen LogP contribution in [0, 0.1) is 0 Å². The molecule has 4 nitrogen and oxygen atoms in total. The Morgan fingerprint density at radius 3 is 2.52 bits per heavy atom. The van der Waals surface area contributed by atoms with Gasteiger partial charge < -0.3 is 4.57 Å². The van der Waals surface area contributed by atoms with Gasteiger partial charge in [0.25, 0.3) is 11.1 Å². The normalized spacial score (nSPS) is 16.0. The molecule has 0 bridgehead atoms. The third-order valence-electron chi connectivity index (χ3n) is 4.78. The van der Waals surface area contributed by atoms with Crippen LogP contribution in [0.15, 0.2) is 53.6 Å². The summed E-state index contributed by atoms with van der Waals surface area (Å²) in [5, 5.41) is 1.83. The summed E-state index contributed by atoms with van der Waals surface area (Å²) in [6, 6.07) is 13.4. The first kappa shape index (κ1) is 20.1. The van der Waals surface area contributed by atoms with Crippen molar-refractivity contribution >= 4 is 63.1 Å². The van der Waals surface area contributed by atoms with E-state index in [-0.39, 0.29) is 17.2 Å². The van der Waals surface area contributed by atoms with Gasteiger partial charge in [0.1, 0.15) is 0 Å². The van der Waals surface area contributed by atoms with E-state index in [1.165, 1.54) is 4.90 Å². The summed E-state index contributed by atoms with van der Waals surface area (Å²) >= 11 is 13.2.